The fourth-order valence-electron chi connectivity index (χ4n) is 2.30. The highest BCUT2D eigenvalue weighted by Gasteiger charge is 2.38. The number of nitrogens with one attached hydrogen (secondary N) is 1. The second-order valence-corrected chi connectivity index (χ2v) is 5.02. The standard InChI is InChI=1S/C15H19N3O3/c16-7-10-21-13-3-1-12(2-4-13)18-14(19)15(11-17)5-8-20-9-6-15/h1-4H,5-6,8-11,17H2,(H,18,19). The highest BCUT2D eigenvalue weighted by molar-refractivity contribution is 5.95. The number of nitrogens with zero attached hydrogens (tertiary/aromatic N) is 1. The number of rotatable bonds is 5. The van der Waals surface area contributed by atoms with Gasteiger partial charge in [0.25, 0.3) is 0 Å². The minimum atomic E-state index is -0.547. The first-order valence-corrected chi connectivity index (χ1v) is 6.89. The zero-order chi connectivity index (χ0) is 15.1. The number of hydrogen-bond acceptors (Lipinski definition) is 5. The molecule has 1 aliphatic heterocycles. The summed E-state index contributed by atoms with van der Waals surface area (Å²) in [5, 5.41) is 11.3. The van der Waals surface area contributed by atoms with E-state index in [-0.39, 0.29) is 12.5 Å². The van der Waals surface area contributed by atoms with E-state index in [9.17, 15) is 4.79 Å². The Hall–Kier alpha value is -2.10. The summed E-state index contributed by atoms with van der Waals surface area (Å²) in [5.41, 5.74) is 5.94. The van der Waals surface area contributed by atoms with Gasteiger partial charge >= 0.3 is 0 Å². The van der Waals surface area contributed by atoms with E-state index in [0.717, 1.165) is 0 Å². The molecule has 6 nitrogen and oxygen atoms in total. The highest BCUT2D eigenvalue weighted by atomic mass is 16.5. The Morgan fingerprint density at radius 1 is 1.38 bits per heavy atom. The van der Waals surface area contributed by atoms with Crippen LogP contribution in [0.1, 0.15) is 12.8 Å². The van der Waals surface area contributed by atoms with Crippen molar-refractivity contribution < 1.29 is 14.3 Å². The van der Waals surface area contributed by atoms with E-state index in [1.165, 1.54) is 0 Å². The predicted molar refractivity (Wildman–Crippen MR) is 77.7 cm³/mol. The molecule has 0 aromatic heterocycles. The number of carbonyl (C=O) groups excluding carboxylic acids is 1. The van der Waals surface area contributed by atoms with Gasteiger partial charge in [0.05, 0.1) is 5.41 Å². The van der Waals surface area contributed by atoms with Gasteiger partial charge in [-0.2, -0.15) is 5.26 Å². The quantitative estimate of drug-likeness (QED) is 0.851. The van der Waals surface area contributed by atoms with E-state index in [0.29, 0.717) is 44.0 Å². The third-order valence-corrected chi connectivity index (χ3v) is 3.74. The normalized spacial score (nSPS) is 16.8. The molecule has 1 heterocycles. The topological polar surface area (TPSA) is 97.4 Å². The molecule has 1 aliphatic rings. The molecular weight excluding hydrogens is 270 g/mol. The first kappa shape index (κ1) is 15.3. The molecule has 1 aromatic carbocycles. The molecule has 2 rings (SSSR count). The minimum Gasteiger partial charge on any atom is -0.479 e. The molecule has 0 unspecified atom stereocenters. The molecule has 6 heteroatoms. The van der Waals surface area contributed by atoms with Crippen molar-refractivity contribution in [1.82, 2.24) is 0 Å². The van der Waals surface area contributed by atoms with Crippen molar-refractivity contribution in [2.45, 2.75) is 12.8 Å². The molecular formula is C15H19N3O3. The average Bonchev–Trinajstić information content (AvgIpc) is 2.54. The maximum absolute atomic E-state index is 12.5. The Kier molecular flexibility index (Phi) is 5.14. The molecule has 0 saturated carbocycles. The number of ether oxygens (including phenoxy) is 2. The van der Waals surface area contributed by atoms with Crippen LogP contribution in [-0.2, 0) is 9.53 Å². The molecule has 0 spiro atoms. The molecule has 0 radical (unpaired) electrons. The summed E-state index contributed by atoms with van der Waals surface area (Å²) in [6.45, 7) is 1.44. The van der Waals surface area contributed by atoms with Gasteiger partial charge in [-0.3, -0.25) is 4.79 Å². The van der Waals surface area contributed by atoms with Gasteiger partial charge in [-0.25, -0.2) is 0 Å². The van der Waals surface area contributed by atoms with E-state index in [2.05, 4.69) is 5.32 Å². The van der Waals surface area contributed by atoms with E-state index in [1.54, 1.807) is 24.3 Å². The maximum atomic E-state index is 12.5. The number of benzene rings is 1. The van der Waals surface area contributed by atoms with Gasteiger partial charge in [0, 0.05) is 25.4 Å². The molecule has 21 heavy (non-hydrogen) atoms. The van der Waals surface area contributed by atoms with Crippen molar-refractivity contribution in [1.29, 1.82) is 5.26 Å². The summed E-state index contributed by atoms with van der Waals surface area (Å²) in [6.07, 6.45) is 1.28. The fourth-order valence-corrected chi connectivity index (χ4v) is 2.30. The minimum absolute atomic E-state index is 0.00197. The van der Waals surface area contributed by atoms with Crippen LogP contribution in [-0.4, -0.2) is 32.3 Å². The number of hydrogen-bond donors (Lipinski definition) is 2. The van der Waals surface area contributed by atoms with E-state index < -0.39 is 5.41 Å². The smallest absolute Gasteiger partial charge is 0.232 e. The lowest BCUT2D eigenvalue weighted by Crippen LogP contribution is -2.46. The van der Waals surface area contributed by atoms with Crippen molar-refractivity contribution in [3.63, 3.8) is 0 Å². The maximum Gasteiger partial charge on any atom is 0.232 e. The summed E-state index contributed by atoms with van der Waals surface area (Å²) >= 11 is 0. The van der Waals surface area contributed by atoms with Gasteiger partial charge in [0.15, 0.2) is 6.61 Å². The first-order valence-electron chi connectivity index (χ1n) is 6.89. The van der Waals surface area contributed by atoms with E-state index in [4.69, 9.17) is 20.5 Å². The van der Waals surface area contributed by atoms with Crippen LogP contribution in [0.5, 0.6) is 5.75 Å². The Labute approximate surface area is 123 Å². The van der Waals surface area contributed by atoms with Crippen LogP contribution in [0.2, 0.25) is 0 Å². The van der Waals surface area contributed by atoms with Crippen molar-refractivity contribution in [2.24, 2.45) is 11.1 Å². The van der Waals surface area contributed by atoms with Crippen LogP contribution in [0, 0.1) is 16.7 Å². The summed E-state index contributed by atoms with van der Waals surface area (Å²) in [5.74, 6) is 0.521. The lowest BCUT2D eigenvalue weighted by Gasteiger charge is -2.34. The molecule has 0 aliphatic carbocycles. The van der Waals surface area contributed by atoms with Crippen molar-refractivity contribution in [3.05, 3.63) is 24.3 Å². The summed E-state index contributed by atoms with van der Waals surface area (Å²) in [4.78, 5) is 12.5. The Morgan fingerprint density at radius 2 is 2.05 bits per heavy atom. The van der Waals surface area contributed by atoms with Crippen LogP contribution in [0.4, 0.5) is 5.69 Å². The van der Waals surface area contributed by atoms with Crippen molar-refractivity contribution >= 4 is 11.6 Å². The second kappa shape index (κ2) is 7.07. The lowest BCUT2D eigenvalue weighted by molar-refractivity contribution is -0.130. The van der Waals surface area contributed by atoms with Crippen molar-refractivity contribution in [3.8, 4) is 11.8 Å². The number of nitriles is 1. The predicted octanol–water partition coefficient (Wildman–Crippen LogP) is 1.28. The van der Waals surface area contributed by atoms with Gasteiger partial charge < -0.3 is 20.5 Å². The van der Waals surface area contributed by atoms with Gasteiger partial charge in [-0.05, 0) is 37.1 Å². The van der Waals surface area contributed by atoms with Gasteiger partial charge in [-0.15, -0.1) is 0 Å². The Bertz CT molecular complexity index is 516. The van der Waals surface area contributed by atoms with E-state index in [1.807, 2.05) is 6.07 Å². The Morgan fingerprint density at radius 3 is 2.62 bits per heavy atom. The number of nitrogens with two attached hydrogens (primary N) is 1. The van der Waals surface area contributed by atoms with Crippen LogP contribution < -0.4 is 15.8 Å². The molecule has 0 atom stereocenters. The molecule has 1 amide bonds. The first-order chi connectivity index (χ1) is 10.2. The molecule has 3 N–H and O–H groups in total. The number of anilines is 1. The van der Waals surface area contributed by atoms with Crippen LogP contribution in [0.3, 0.4) is 0 Å². The fraction of sp³-hybridized carbons (Fsp3) is 0.467. The molecule has 1 aromatic rings. The average molecular weight is 289 g/mol. The monoisotopic (exact) mass is 289 g/mol. The number of carbonyl (C=O) groups is 1. The summed E-state index contributed by atoms with van der Waals surface area (Å²) in [7, 11) is 0. The molecule has 0 bridgehead atoms. The van der Waals surface area contributed by atoms with Crippen molar-refractivity contribution in [2.75, 3.05) is 31.7 Å². The summed E-state index contributed by atoms with van der Waals surface area (Å²) in [6, 6.07) is 8.82. The molecule has 112 valence electrons. The Balaban J connectivity index is 2.00. The van der Waals surface area contributed by atoms with Crippen LogP contribution >= 0.6 is 0 Å². The second-order valence-electron chi connectivity index (χ2n) is 5.02. The zero-order valence-corrected chi connectivity index (χ0v) is 11.8. The molecule has 1 fully saturated rings. The SMILES string of the molecule is N#CCOc1ccc(NC(=O)C2(CN)CCOCC2)cc1. The largest absolute Gasteiger partial charge is 0.479 e. The highest BCUT2D eigenvalue weighted by Crippen LogP contribution is 2.31. The summed E-state index contributed by atoms with van der Waals surface area (Å²) < 4.78 is 10.5. The third-order valence-electron chi connectivity index (χ3n) is 3.74. The zero-order valence-electron chi connectivity index (χ0n) is 11.8. The lowest BCUT2D eigenvalue weighted by atomic mass is 9.79. The van der Waals surface area contributed by atoms with Crippen LogP contribution in [0.25, 0.3) is 0 Å². The van der Waals surface area contributed by atoms with E-state index >= 15 is 0 Å². The third kappa shape index (κ3) is 3.72. The van der Waals surface area contributed by atoms with Gasteiger partial charge in [0.1, 0.15) is 11.8 Å². The molecule has 1 saturated heterocycles. The van der Waals surface area contributed by atoms with Gasteiger partial charge in [0.2, 0.25) is 5.91 Å². The number of amides is 1. The van der Waals surface area contributed by atoms with Crippen LogP contribution in [0.15, 0.2) is 24.3 Å². The van der Waals surface area contributed by atoms with Gasteiger partial charge in [-0.1, -0.05) is 0 Å².